The summed E-state index contributed by atoms with van der Waals surface area (Å²) in [4.78, 5) is 12.0. The molecule has 5 nitrogen and oxygen atoms in total. The van der Waals surface area contributed by atoms with Gasteiger partial charge in [-0.25, -0.2) is 4.79 Å². The van der Waals surface area contributed by atoms with Gasteiger partial charge in [-0.3, -0.25) is 0 Å². The lowest BCUT2D eigenvalue weighted by Gasteiger charge is -2.48. The van der Waals surface area contributed by atoms with Gasteiger partial charge in [-0.05, 0) is 18.4 Å². The molecule has 2 aliphatic rings. The molecule has 5 atom stereocenters. The summed E-state index contributed by atoms with van der Waals surface area (Å²) in [6, 6.07) is 9.77. The van der Waals surface area contributed by atoms with Crippen molar-refractivity contribution in [2.45, 2.75) is 44.7 Å². The minimum absolute atomic E-state index is 0.123. The Morgan fingerprint density at radius 1 is 1.38 bits per heavy atom. The molecule has 1 aromatic carbocycles. The van der Waals surface area contributed by atoms with Crippen LogP contribution >= 0.6 is 0 Å². The van der Waals surface area contributed by atoms with Crippen LogP contribution in [0.3, 0.4) is 0 Å². The molecule has 0 radical (unpaired) electrons. The predicted octanol–water partition coefficient (Wildman–Crippen LogP) is 2.99. The third kappa shape index (κ3) is 3.29. The van der Waals surface area contributed by atoms with Crippen LogP contribution in [-0.4, -0.2) is 35.5 Å². The second kappa shape index (κ2) is 7.64. The standard InChI is InChI=1S/C21H26O5/c1-4-16-20(25-13-15-9-7-6-8-10-15)19(23)14(3)12-21(16)17(24-5-2)11-18(22)26-21/h4,6-11,14,16,19-20,23H,1,5,12-13H2,2-3H3/t14-,16+,19-,20-,21-/m1/s1. The molecule has 3 rings (SSSR count). The molecular formula is C21H26O5. The van der Waals surface area contributed by atoms with Gasteiger partial charge in [0.05, 0.1) is 37.4 Å². The number of rotatable bonds is 6. The van der Waals surface area contributed by atoms with Crippen molar-refractivity contribution in [2.24, 2.45) is 11.8 Å². The monoisotopic (exact) mass is 358 g/mol. The van der Waals surface area contributed by atoms with Crippen molar-refractivity contribution in [1.29, 1.82) is 0 Å². The fraction of sp³-hybridized carbons (Fsp3) is 0.476. The van der Waals surface area contributed by atoms with Crippen LogP contribution in [0.1, 0.15) is 25.8 Å². The van der Waals surface area contributed by atoms with Gasteiger partial charge in [0.2, 0.25) is 0 Å². The number of hydrogen-bond acceptors (Lipinski definition) is 5. The molecule has 1 N–H and O–H groups in total. The first-order valence-corrected chi connectivity index (χ1v) is 9.06. The molecule has 1 aromatic rings. The van der Waals surface area contributed by atoms with Gasteiger partial charge in [-0.15, -0.1) is 6.58 Å². The van der Waals surface area contributed by atoms with Gasteiger partial charge in [-0.2, -0.15) is 0 Å². The van der Waals surface area contributed by atoms with E-state index in [0.29, 0.717) is 25.4 Å². The Morgan fingerprint density at radius 3 is 2.77 bits per heavy atom. The second-order valence-corrected chi connectivity index (χ2v) is 6.95. The van der Waals surface area contributed by atoms with Crippen molar-refractivity contribution >= 4 is 5.97 Å². The van der Waals surface area contributed by atoms with Crippen molar-refractivity contribution in [3.05, 3.63) is 60.4 Å². The highest BCUT2D eigenvalue weighted by Crippen LogP contribution is 2.49. The molecular weight excluding hydrogens is 332 g/mol. The smallest absolute Gasteiger partial charge is 0.335 e. The maximum absolute atomic E-state index is 12.0. The molecule has 0 unspecified atom stereocenters. The minimum Gasteiger partial charge on any atom is -0.494 e. The summed E-state index contributed by atoms with van der Waals surface area (Å²) in [6.07, 6.45) is 2.34. The van der Waals surface area contributed by atoms with Crippen molar-refractivity contribution in [2.75, 3.05) is 6.61 Å². The van der Waals surface area contributed by atoms with Gasteiger partial charge in [0.25, 0.3) is 0 Å². The van der Waals surface area contributed by atoms with Gasteiger partial charge in [0.1, 0.15) is 5.76 Å². The highest BCUT2D eigenvalue weighted by Gasteiger charge is 2.59. The fourth-order valence-electron chi connectivity index (χ4n) is 4.01. The quantitative estimate of drug-likeness (QED) is 0.626. The summed E-state index contributed by atoms with van der Waals surface area (Å²) in [7, 11) is 0. The van der Waals surface area contributed by atoms with E-state index >= 15 is 0 Å². The van der Waals surface area contributed by atoms with E-state index < -0.39 is 29.7 Å². The lowest BCUT2D eigenvalue weighted by Crippen LogP contribution is -2.58. The van der Waals surface area contributed by atoms with Crippen molar-refractivity contribution in [3.63, 3.8) is 0 Å². The van der Waals surface area contributed by atoms with E-state index in [4.69, 9.17) is 14.2 Å². The molecule has 0 bridgehead atoms. The molecule has 1 heterocycles. The third-order valence-electron chi connectivity index (χ3n) is 5.23. The Hall–Kier alpha value is -2.11. The minimum atomic E-state index is -0.963. The zero-order chi connectivity index (χ0) is 18.7. The summed E-state index contributed by atoms with van der Waals surface area (Å²) < 4.78 is 17.6. The highest BCUT2D eigenvalue weighted by atomic mass is 16.6. The van der Waals surface area contributed by atoms with Gasteiger partial charge in [0.15, 0.2) is 5.60 Å². The molecule has 140 valence electrons. The van der Waals surface area contributed by atoms with Crippen LogP contribution in [0.5, 0.6) is 0 Å². The fourth-order valence-corrected chi connectivity index (χ4v) is 4.01. The molecule has 0 amide bonds. The number of aliphatic hydroxyl groups excluding tert-OH is 1. The number of benzene rings is 1. The molecule has 1 fully saturated rings. The van der Waals surface area contributed by atoms with Crippen LogP contribution in [0, 0.1) is 11.8 Å². The zero-order valence-corrected chi connectivity index (χ0v) is 15.3. The number of esters is 1. The van der Waals surface area contributed by atoms with E-state index in [1.165, 1.54) is 6.08 Å². The Morgan fingerprint density at radius 2 is 2.12 bits per heavy atom. The Labute approximate surface area is 154 Å². The number of ether oxygens (including phenoxy) is 3. The van der Waals surface area contributed by atoms with Gasteiger partial charge >= 0.3 is 5.97 Å². The summed E-state index contributed by atoms with van der Waals surface area (Å²) in [5, 5.41) is 10.8. The van der Waals surface area contributed by atoms with Crippen LogP contribution in [0.4, 0.5) is 0 Å². The Kier molecular flexibility index (Phi) is 5.49. The van der Waals surface area contributed by atoms with Gasteiger partial charge in [0, 0.05) is 6.42 Å². The van der Waals surface area contributed by atoms with E-state index in [2.05, 4.69) is 6.58 Å². The van der Waals surface area contributed by atoms with E-state index in [1.54, 1.807) is 6.08 Å². The maximum Gasteiger partial charge on any atom is 0.335 e. The van der Waals surface area contributed by atoms with Crippen LogP contribution in [0.25, 0.3) is 0 Å². The van der Waals surface area contributed by atoms with Crippen LogP contribution in [0.2, 0.25) is 0 Å². The number of hydrogen-bond donors (Lipinski definition) is 1. The average molecular weight is 358 g/mol. The first-order valence-electron chi connectivity index (χ1n) is 9.06. The molecule has 0 saturated heterocycles. The molecule has 1 spiro atoms. The first-order chi connectivity index (χ1) is 12.5. The molecule has 1 saturated carbocycles. The van der Waals surface area contributed by atoms with Gasteiger partial charge in [-0.1, -0.05) is 43.3 Å². The molecule has 0 aromatic heterocycles. The largest absolute Gasteiger partial charge is 0.494 e. The SMILES string of the molecule is C=C[C@H]1[C@@H](OCc2ccccc2)[C@H](O)[C@H](C)C[C@@]12OC(=O)C=C2OCC. The van der Waals surface area contributed by atoms with Crippen LogP contribution in [-0.2, 0) is 25.6 Å². The number of carbonyl (C=O) groups is 1. The molecule has 26 heavy (non-hydrogen) atoms. The Bertz CT molecular complexity index is 683. The van der Waals surface area contributed by atoms with E-state index in [1.807, 2.05) is 44.2 Å². The zero-order valence-electron chi connectivity index (χ0n) is 15.3. The summed E-state index contributed by atoms with van der Waals surface area (Å²) in [6.45, 7) is 8.51. The summed E-state index contributed by atoms with van der Waals surface area (Å²) >= 11 is 0. The number of aliphatic hydroxyl groups is 1. The van der Waals surface area contributed by atoms with Crippen molar-refractivity contribution in [3.8, 4) is 0 Å². The van der Waals surface area contributed by atoms with Crippen molar-refractivity contribution < 1.29 is 24.1 Å². The van der Waals surface area contributed by atoms with Crippen molar-refractivity contribution in [1.82, 2.24) is 0 Å². The van der Waals surface area contributed by atoms with Crippen LogP contribution < -0.4 is 0 Å². The summed E-state index contributed by atoms with van der Waals surface area (Å²) in [5.74, 6) is -0.448. The molecule has 1 aliphatic carbocycles. The van der Waals surface area contributed by atoms with E-state index in [9.17, 15) is 9.90 Å². The molecule has 5 heteroatoms. The van der Waals surface area contributed by atoms with E-state index in [0.717, 1.165) is 5.56 Å². The van der Waals surface area contributed by atoms with Gasteiger partial charge < -0.3 is 19.3 Å². The Balaban J connectivity index is 1.89. The van der Waals surface area contributed by atoms with E-state index in [-0.39, 0.29) is 5.92 Å². The topological polar surface area (TPSA) is 65.0 Å². The van der Waals surface area contributed by atoms with Crippen LogP contribution in [0.15, 0.2) is 54.8 Å². The average Bonchev–Trinajstić information content (AvgIpc) is 2.93. The third-order valence-corrected chi connectivity index (χ3v) is 5.23. The predicted molar refractivity (Wildman–Crippen MR) is 97.0 cm³/mol. The summed E-state index contributed by atoms with van der Waals surface area (Å²) in [5.41, 5.74) is 0.0493. The molecule has 1 aliphatic heterocycles. The first kappa shape index (κ1) is 18.7. The normalized spacial score (nSPS) is 33.7. The number of carbonyl (C=O) groups excluding carboxylic acids is 1. The lowest BCUT2D eigenvalue weighted by molar-refractivity contribution is -0.192. The highest BCUT2D eigenvalue weighted by molar-refractivity contribution is 5.86. The second-order valence-electron chi connectivity index (χ2n) is 6.95. The lowest BCUT2D eigenvalue weighted by atomic mass is 9.67. The maximum atomic E-state index is 12.0.